The first-order valence-electron chi connectivity index (χ1n) is 8.33. The number of anilines is 1. The van der Waals surface area contributed by atoms with Crippen molar-refractivity contribution in [3.05, 3.63) is 63.7 Å². The SMILES string of the molecule is CC(C)C1Oc2c([CH]=[Ru][Cl])cccc2N(C(=O)c2ccc([N+](=O)[O-])cc2)C1=O. The van der Waals surface area contributed by atoms with Crippen molar-refractivity contribution in [2.24, 2.45) is 5.92 Å². The third-order valence-corrected chi connectivity index (χ3v) is 5.44. The van der Waals surface area contributed by atoms with Crippen molar-refractivity contribution in [1.29, 1.82) is 0 Å². The Balaban J connectivity index is 2.10. The fourth-order valence-electron chi connectivity index (χ4n) is 2.88. The number of carbonyl (C=O) groups excluding carboxylic acids is 2. The minimum absolute atomic E-state index is 0.132. The van der Waals surface area contributed by atoms with Gasteiger partial charge in [-0.15, -0.1) is 0 Å². The summed E-state index contributed by atoms with van der Waals surface area (Å²) in [7, 11) is 5.92. The van der Waals surface area contributed by atoms with E-state index in [0.717, 1.165) is 10.5 Å². The minimum atomic E-state index is -0.824. The number of ether oxygens (including phenoxy) is 1. The van der Waals surface area contributed by atoms with E-state index in [1.807, 2.05) is 24.5 Å². The second-order valence-corrected chi connectivity index (χ2v) is 8.23. The summed E-state index contributed by atoms with van der Waals surface area (Å²) in [4.78, 5) is 37.6. The molecule has 147 valence electrons. The molecule has 0 N–H and O–H groups in total. The van der Waals surface area contributed by atoms with Crippen LogP contribution in [0.25, 0.3) is 0 Å². The summed E-state index contributed by atoms with van der Waals surface area (Å²) < 4.78 is 7.78. The average molecular weight is 489 g/mol. The van der Waals surface area contributed by atoms with Gasteiger partial charge in [0.05, 0.1) is 0 Å². The molecular formula is C19H16ClN2O5Ru. The van der Waals surface area contributed by atoms with Crippen molar-refractivity contribution < 1.29 is 34.9 Å². The molecule has 1 aliphatic rings. The summed E-state index contributed by atoms with van der Waals surface area (Å²) in [5.74, 6) is -0.760. The molecule has 0 saturated heterocycles. The van der Waals surface area contributed by atoms with E-state index in [2.05, 4.69) is 0 Å². The van der Waals surface area contributed by atoms with Gasteiger partial charge in [0.2, 0.25) is 0 Å². The number of hydrogen-bond acceptors (Lipinski definition) is 5. The third kappa shape index (κ3) is 3.75. The van der Waals surface area contributed by atoms with Crippen molar-refractivity contribution in [3.8, 4) is 5.75 Å². The van der Waals surface area contributed by atoms with E-state index in [1.165, 1.54) is 24.3 Å². The molecule has 0 radical (unpaired) electrons. The maximum absolute atomic E-state index is 13.1. The molecule has 0 fully saturated rings. The van der Waals surface area contributed by atoms with Gasteiger partial charge in [-0.05, 0) is 0 Å². The molecule has 0 spiro atoms. The van der Waals surface area contributed by atoms with Crippen LogP contribution in [0.5, 0.6) is 5.75 Å². The Morgan fingerprint density at radius 3 is 2.54 bits per heavy atom. The van der Waals surface area contributed by atoms with Gasteiger partial charge in [-0.25, -0.2) is 0 Å². The summed E-state index contributed by atoms with van der Waals surface area (Å²) in [5, 5.41) is 10.8. The number of para-hydroxylation sites is 1. The molecule has 2 aromatic rings. The zero-order valence-corrected chi connectivity index (χ0v) is 17.4. The van der Waals surface area contributed by atoms with Gasteiger partial charge in [-0.1, -0.05) is 0 Å². The first-order valence-corrected chi connectivity index (χ1v) is 11.6. The van der Waals surface area contributed by atoms with Crippen molar-refractivity contribution in [1.82, 2.24) is 0 Å². The molecule has 28 heavy (non-hydrogen) atoms. The molecule has 0 bridgehead atoms. The molecule has 1 atom stereocenters. The van der Waals surface area contributed by atoms with Crippen LogP contribution in [-0.4, -0.2) is 27.5 Å². The predicted octanol–water partition coefficient (Wildman–Crippen LogP) is 3.57. The molecule has 0 saturated carbocycles. The Hall–Kier alpha value is -2.44. The van der Waals surface area contributed by atoms with E-state index in [0.29, 0.717) is 11.4 Å². The number of fused-ring (bicyclic) bond motifs is 1. The Morgan fingerprint density at radius 1 is 1.29 bits per heavy atom. The summed E-state index contributed by atoms with van der Waals surface area (Å²) in [6.07, 6.45) is -0.824. The maximum atomic E-state index is 13.1. The van der Waals surface area contributed by atoms with Gasteiger partial charge >= 0.3 is 173 Å². The number of rotatable bonds is 4. The zero-order valence-electron chi connectivity index (χ0n) is 14.9. The van der Waals surface area contributed by atoms with Crippen LogP contribution in [-0.2, 0) is 20.5 Å². The van der Waals surface area contributed by atoms with Crippen molar-refractivity contribution in [2.45, 2.75) is 20.0 Å². The van der Waals surface area contributed by atoms with Crippen molar-refractivity contribution in [3.63, 3.8) is 0 Å². The quantitative estimate of drug-likeness (QED) is 0.284. The van der Waals surface area contributed by atoms with Gasteiger partial charge in [0, 0.05) is 0 Å². The molecule has 0 aliphatic carbocycles. The molecular weight excluding hydrogens is 473 g/mol. The second kappa shape index (κ2) is 8.29. The number of benzene rings is 2. The zero-order chi connectivity index (χ0) is 20.4. The first-order chi connectivity index (χ1) is 13.3. The molecule has 2 amide bonds. The number of nitro groups is 1. The van der Waals surface area contributed by atoms with Crippen LogP contribution in [0.2, 0.25) is 0 Å². The number of amides is 2. The van der Waals surface area contributed by atoms with Crippen LogP contribution in [0.4, 0.5) is 11.4 Å². The summed E-state index contributed by atoms with van der Waals surface area (Å²) in [6.45, 7) is 3.67. The van der Waals surface area contributed by atoms with Crippen LogP contribution >= 0.6 is 9.69 Å². The first kappa shape index (κ1) is 20.3. The monoisotopic (exact) mass is 489 g/mol. The van der Waals surface area contributed by atoms with Gasteiger partial charge in [0.1, 0.15) is 0 Å². The molecule has 0 aromatic heterocycles. The van der Waals surface area contributed by atoms with Gasteiger partial charge in [-0.2, -0.15) is 0 Å². The van der Waals surface area contributed by atoms with E-state index in [9.17, 15) is 19.7 Å². The van der Waals surface area contributed by atoms with Crippen LogP contribution in [0.3, 0.4) is 0 Å². The third-order valence-electron chi connectivity index (χ3n) is 4.26. The number of halogens is 1. The van der Waals surface area contributed by atoms with E-state index >= 15 is 0 Å². The average Bonchev–Trinajstić information content (AvgIpc) is 2.67. The van der Waals surface area contributed by atoms with Gasteiger partial charge in [0.15, 0.2) is 0 Å². The Bertz CT molecular complexity index is 975. The van der Waals surface area contributed by atoms with E-state index in [-0.39, 0.29) is 17.2 Å². The number of imide groups is 1. The normalized spacial score (nSPS) is 16.5. The van der Waals surface area contributed by atoms with Crippen LogP contribution in [0.15, 0.2) is 42.5 Å². The molecule has 2 aromatic carbocycles. The molecule has 1 aliphatic heterocycles. The van der Waals surface area contributed by atoms with Gasteiger partial charge < -0.3 is 0 Å². The fourth-order valence-corrected chi connectivity index (χ4v) is 3.97. The van der Waals surface area contributed by atoms with Crippen molar-refractivity contribution in [2.75, 3.05) is 4.90 Å². The molecule has 9 heteroatoms. The number of non-ortho nitro benzene ring substituents is 1. The predicted molar refractivity (Wildman–Crippen MR) is 102 cm³/mol. The molecule has 3 rings (SSSR count). The number of nitrogens with zero attached hydrogens (tertiary/aromatic N) is 2. The summed E-state index contributed by atoms with van der Waals surface area (Å²) in [5.41, 5.74) is 1.11. The summed E-state index contributed by atoms with van der Waals surface area (Å²) in [6, 6.07) is 10.3. The number of carbonyl (C=O) groups is 2. The standard InChI is InChI=1S/C19H16N2O5.ClH.Ru/c1-11(2)16-19(23)20(15-6-4-5-12(3)17(15)26-16)18(22)13-7-9-14(10-8-13)21(24)25;;/h3-11,16H,1-2H3;1H;/q;;+1/p-1. The Kier molecular flexibility index (Phi) is 6.01. The van der Waals surface area contributed by atoms with Gasteiger partial charge in [0.25, 0.3) is 0 Å². The molecule has 7 nitrogen and oxygen atoms in total. The van der Waals surface area contributed by atoms with Crippen molar-refractivity contribution >= 4 is 37.5 Å². The van der Waals surface area contributed by atoms with E-state index in [1.54, 1.807) is 12.1 Å². The number of hydrogen-bond donors (Lipinski definition) is 0. The Labute approximate surface area is 172 Å². The van der Waals surface area contributed by atoms with Gasteiger partial charge in [-0.3, -0.25) is 0 Å². The Morgan fingerprint density at radius 2 is 1.96 bits per heavy atom. The topological polar surface area (TPSA) is 89.8 Å². The van der Waals surface area contributed by atoms with Crippen LogP contribution < -0.4 is 9.64 Å². The summed E-state index contributed by atoms with van der Waals surface area (Å²) >= 11 is -0.528. The molecule has 1 heterocycles. The van der Waals surface area contributed by atoms with Crippen LogP contribution in [0, 0.1) is 16.0 Å². The van der Waals surface area contributed by atoms with E-state index < -0.39 is 38.5 Å². The van der Waals surface area contributed by atoms with E-state index in [4.69, 9.17) is 14.4 Å². The fraction of sp³-hybridized carbons (Fsp3) is 0.211. The van der Waals surface area contributed by atoms with Crippen LogP contribution in [0.1, 0.15) is 29.8 Å². The number of nitro benzene ring substituents is 1. The second-order valence-electron chi connectivity index (χ2n) is 6.44. The molecule has 1 unspecified atom stereocenters.